The summed E-state index contributed by atoms with van der Waals surface area (Å²) >= 11 is 1.78. The van der Waals surface area contributed by atoms with E-state index in [-0.39, 0.29) is 6.04 Å². The fraction of sp³-hybridized carbons (Fsp3) is 0.556. The second-order valence-electron chi connectivity index (χ2n) is 9.81. The van der Waals surface area contributed by atoms with Gasteiger partial charge in [0.2, 0.25) is 0 Å². The topological polar surface area (TPSA) is 15.7 Å². The predicted molar refractivity (Wildman–Crippen MR) is 130 cm³/mol. The van der Waals surface area contributed by atoms with Crippen molar-refractivity contribution in [3.63, 3.8) is 0 Å². The standard InChI is InChI=1S/C27H33F3N2OS/c28-27(29,30)22-7-12-25-21(18-22)6-13-26(25)31-14-16-32(17-15-31)34-24-10-8-23(9-11-24)33-19-20-4-2-1-3-5-20/h7-12,18,20,26H,1-6,13-17,19H2. The van der Waals surface area contributed by atoms with Crippen molar-refractivity contribution >= 4 is 11.9 Å². The summed E-state index contributed by atoms with van der Waals surface area (Å²) in [5, 5.41) is 0. The highest BCUT2D eigenvalue weighted by Crippen LogP contribution is 2.40. The molecule has 3 aliphatic rings. The Hall–Kier alpha value is -1.70. The van der Waals surface area contributed by atoms with Gasteiger partial charge in [-0.3, -0.25) is 4.90 Å². The summed E-state index contributed by atoms with van der Waals surface area (Å²) in [4.78, 5) is 3.66. The Balaban J connectivity index is 1.10. The molecule has 2 aliphatic carbocycles. The molecule has 3 nitrogen and oxygen atoms in total. The molecule has 7 heteroatoms. The molecule has 0 bridgehead atoms. The molecule has 1 saturated carbocycles. The van der Waals surface area contributed by atoms with Gasteiger partial charge >= 0.3 is 6.18 Å². The smallest absolute Gasteiger partial charge is 0.416 e. The first-order valence-corrected chi connectivity index (χ1v) is 13.3. The molecule has 34 heavy (non-hydrogen) atoms. The maximum Gasteiger partial charge on any atom is 0.416 e. The van der Waals surface area contributed by atoms with Crippen molar-refractivity contribution in [3.05, 3.63) is 59.2 Å². The average molecular weight is 491 g/mol. The number of halogens is 3. The monoisotopic (exact) mass is 490 g/mol. The average Bonchev–Trinajstić information content (AvgIpc) is 3.28. The largest absolute Gasteiger partial charge is 0.493 e. The van der Waals surface area contributed by atoms with E-state index < -0.39 is 11.7 Å². The number of ether oxygens (including phenoxy) is 1. The third kappa shape index (κ3) is 5.74. The third-order valence-electron chi connectivity index (χ3n) is 7.50. The Kier molecular flexibility index (Phi) is 7.42. The summed E-state index contributed by atoms with van der Waals surface area (Å²) in [7, 11) is 0. The lowest BCUT2D eigenvalue weighted by Gasteiger charge is -2.37. The van der Waals surface area contributed by atoms with Crippen LogP contribution in [0.3, 0.4) is 0 Å². The molecule has 0 spiro atoms. The maximum atomic E-state index is 13.0. The first kappa shape index (κ1) is 24.0. The third-order valence-corrected chi connectivity index (χ3v) is 8.61. The summed E-state index contributed by atoms with van der Waals surface area (Å²) in [6.07, 6.45) is 4.00. The highest BCUT2D eigenvalue weighted by atomic mass is 32.2. The van der Waals surface area contributed by atoms with E-state index >= 15 is 0 Å². The van der Waals surface area contributed by atoms with Gasteiger partial charge in [0.05, 0.1) is 12.2 Å². The van der Waals surface area contributed by atoms with E-state index in [1.807, 2.05) is 0 Å². The number of hydrogen-bond acceptors (Lipinski definition) is 4. The summed E-state index contributed by atoms with van der Waals surface area (Å²) in [6, 6.07) is 13.0. The first-order valence-electron chi connectivity index (χ1n) is 12.6. The molecule has 2 aromatic carbocycles. The van der Waals surface area contributed by atoms with Crippen molar-refractivity contribution in [2.45, 2.75) is 62.1 Å². The SMILES string of the molecule is FC(F)(F)c1ccc2c(c1)CCC2N1CCN(Sc2ccc(OCC3CCCCC3)cc2)CC1. The van der Waals surface area contributed by atoms with Crippen LogP contribution in [0, 0.1) is 5.92 Å². The highest BCUT2D eigenvalue weighted by molar-refractivity contribution is 7.97. The first-order chi connectivity index (χ1) is 16.5. The molecular weight excluding hydrogens is 457 g/mol. The molecule has 0 N–H and O–H groups in total. The van der Waals surface area contributed by atoms with Gasteiger partial charge in [0.1, 0.15) is 5.75 Å². The van der Waals surface area contributed by atoms with Crippen LogP contribution in [-0.2, 0) is 12.6 Å². The van der Waals surface area contributed by atoms with E-state index in [2.05, 4.69) is 33.5 Å². The van der Waals surface area contributed by atoms with Crippen LogP contribution in [0.15, 0.2) is 47.4 Å². The number of aryl methyl sites for hydroxylation is 1. The number of nitrogens with zero attached hydrogens (tertiary/aromatic N) is 2. The van der Waals surface area contributed by atoms with Gasteiger partial charge < -0.3 is 4.74 Å². The Morgan fingerprint density at radius 2 is 1.62 bits per heavy atom. The predicted octanol–water partition coefficient (Wildman–Crippen LogP) is 6.98. The van der Waals surface area contributed by atoms with Crippen LogP contribution < -0.4 is 4.74 Å². The Labute approximate surface area is 204 Å². The Morgan fingerprint density at radius 3 is 2.32 bits per heavy atom. The zero-order valence-electron chi connectivity index (χ0n) is 19.5. The summed E-state index contributed by atoms with van der Waals surface area (Å²) < 4.78 is 47.5. The van der Waals surface area contributed by atoms with Crippen molar-refractivity contribution in [1.29, 1.82) is 0 Å². The molecular formula is C27H33F3N2OS. The maximum absolute atomic E-state index is 13.0. The van der Waals surface area contributed by atoms with Crippen LogP contribution in [0.2, 0.25) is 0 Å². The van der Waals surface area contributed by atoms with Gasteiger partial charge in [0, 0.05) is 37.1 Å². The van der Waals surface area contributed by atoms with E-state index in [0.717, 1.165) is 62.5 Å². The molecule has 1 heterocycles. The molecule has 0 amide bonds. The molecule has 184 valence electrons. The number of piperazine rings is 1. The quantitative estimate of drug-likeness (QED) is 0.406. The van der Waals surface area contributed by atoms with Crippen LogP contribution in [0.25, 0.3) is 0 Å². The number of hydrogen-bond donors (Lipinski definition) is 0. The van der Waals surface area contributed by atoms with Crippen LogP contribution in [0.1, 0.15) is 61.3 Å². The van der Waals surface area contributed by atoms with Crippen molar-refractivity contribution in [3.8, 4) is 5.75 Å². The zero-order valence-corrected chi connectivity index (χ0v) is 20.3. The van der Waals surface area contributed by atoms with Gasteiger partial charge in [-0.2, -0.15) is 13.2 Å². The summed E-state index contributed by atoms with van der Waals surface area (Å²) in [6.45, 7) is 4.58. The number of fused-ring (bicyclic) bond motifs is 1. The summed E-state index contributed by atoms with van der Waals surface area (Å²) in [5.74, 6) is 1.66. The van der Waals surface area contributed by atoms with Crippen LogP contribution in [0.5, 0.6) is 5.75 Å². The van der Waals surface area contributed by atoms with Crippen molar-refractivity contribution < 1.29 is 17.9 Å². The van der Waals surface area contributed by atoms with Gasteiger partial charge in [-0.05, 0) is 91.1 Å². The number of rotatable bonds is 6. The highest BCUT2D eigenvalue weighted by Gasteiger charge is 2.35. The second kappa shape index (κ2) is 10.5. The van der Waals surface area contributed by atoms with Gasteiger partial charge in [-0.25, -0.2) is 4.31 Å². The second-order valence-corrected chi connectivity index (χ2v) is 11.0. The fourth-order valence-electron chi connectivity index (χ4n) is 5.57. The number of alkyl halides is 3. The van der Waals surface area contributed by atoms with Crippen LogP contribution >= 0.6 is 11.9 Å². The molecule has 2 fully saturated rings. The van der Waals surface area contributed by atoms with Crippen LogP contribution in [0.4, 0.5) is 13.2 Å². The fourth-order valence-corrected chi connectivity index (χ4v) is 6.47. The van der Waals surface area contributed by atoms with E-state index in [1.165, 1.54) is 49.1 Å². The lowest BCUT2D eigenvalue weighted by molar-refractivity contribution is -0.137. The van der Waals surface area contributed by atoms with Crippen molar-refractivity contribution in [2.24, 2.45) is 5.92 Å². The Morgan fingerprint density at radius 1 is 0.882 bits per heavy atom. The lowest BCUT2D eigenvalue weighted by Crippen LogP contribution is -2.44. The minimum absolute atomic E-state index is 0.241. The Bertz CT molecular complexity index is 951. The normalized spacial score (nSPS) is 22.6. The van der Waals surface area contributed by atoms with Gasteiger partial charge in [0.25, 0.3) is 0 Å². The van der Waals surface area contributed by atoms with E-state index in [0.29, 0.717) is 5.92 Å². The molecule has 0 radical (unpaired) electrons. The number of benzene rings is 2. The molecule has 5 rings (SSSR count). The summed E-state index contributed by atoms with van der Waals surface area (Å²) in [5.41, 5.74) is 1.42. The van der Waals surface area contributed by atoms with Gasteiger partial charge in [-0.15, -0.1) is 0 Å². The lowest BCUT2D eigenvalue weighted by atomic mass is 9.90. The van der Waals surface area contributed by atoms with Gasteiger partial charge in [0.15, 0.2) is 0 Å². The molecule has 0 aromatic heterocycles. The van der Waals surface area contributed by atoms with Crippen LogP contribution in [-0.4, -0.2) is 42.0 Å². The molecule has 1 unspecified atom stereocenters. The van der Waals surface area contributed by atoms with Crippen molar-refractivity contribution in [2.75, 3.05) is 32.8 Å². The van der Waals surface area contributed by atoms with Crippen molar-refractivity contribution in [1.82, 2.24) is 9.21 Å². The van der Waals surface area contributed by atoms with Gasteiger partial charge in [-0.1, -0.05) is 25.3 Å². The minimum Gasteiger partial charge on any atom is -0.493 e. The molecule has 1 saturated heterocycles. The van der Waals surface area contributed by atoms with E-state index in [9.17, 15) is 13.2 Å². The van der Waals surface area contributed by atoms with E-state index in [4.69, 9.17) is 4.74 Å². The molecule has 2 aromatic rings. The zero-order chi connectivity index (χ0) is 23.5. The minimum atomic E-state index is -4.27. The van der Waals surface area contributed by atoms with E-state index in [1.54, 1.807) is 18.0 Å². The molecule has 1 aliphatic heterocycles. The molecule has 1 atom stereocenters.